The zero-order valence-corrected chi connectivity index (χ0v) is 14.1. The molecule has 2 rings (SSSR count). The molecule has 1 aliphatic rings. The van der Waals surface area contributed by atoms with Crippen LogP contribution in [0.15, 0.2) is 28.4 Å². The molecule has 0 spiro atoms. The monoisotopic (exact) mass is 437 g/mol. The maximum Gasteiger partial charge on any atom is 0.305 e. The van der Waals surface area contributed by atoms with Crippen molar-refractivity contribution in [2.45, 2.75) is 11.7 Å². The van der Waals surface area contributed by atoms with Gasteiger partial charge in [0.2, 0.25) is 5.91 Å². The summed E-state index contributed by atoms with van der Waals surface area (Å²) in [6.45, 7) is 0. The molecule has 2 N–H and O–H groups in total. The van der Waals surface area contributed by atoms with Crippen molar-refractivity contribution in [3.8, 4) is 0 Å². The number of amides is 1. The standard InChI is InChI=1S/C12H9ClIN3O3S/c13-7-3-6(1-2-8(7)14)5-15-17-12-16-11(20)9(21-12)4-10(18)19/h1-3,5,9H,4H2,(H,18,19)(H,16,17,20). The van der Waals surface area contributed by atoms with Crippen LogP contribution in [0.25, 0.3) is 0 Å². The van der Waals surface area contributed by atoms with E-state index in [0.29, 0.717) is 10.2 Å². The number of nitrogens with zero attached hydrogens (tertiary/aromatic N) is 2. The van der Waals surface area contributed by atoms with E-state index in [1.165, 1.54) is 6.21 Å². The number of aliphatic carboxylic acids is 1. The predicted molar refractivity (Wildman–Crippen MR) is 91.0 cm³/mol. The number of rotatable bonds is 4. The average Bonchev–Trinajstić information content (AvgIpc) is 2.73. The average molecular weight is 438 g/mol. The Hall–Kier alpha value is -1.13. The van der Waals surface area contributed by atoms with Crippen LogP contribution in [0.3, 0.4) is 0 Å². The zero-order valence-electron chi connectivity index (χ0n) is 10.4. The second kappa shape index (κ2) is 7.23. The molecule has 1 aromatic carbocycles. The first-order chi connectivity index (χ1) is 9.95. The van der Waals surface area contributed by atoms with Gasteiger partial charge >= 0.3 is 5.97 Å². The molecule has 110 valence electrons. The van der Waals surface area contributed by atoms with Crippen LogP contribution < -0.4 is 5.32 Å². The lowest BCUT2D eigenvalue weighted by molar-refractivity contribution is -0.138. The van der Waals surface area contributed by atoms with Crippen LogP contribution in [0.2, 0.25) is 5.02 Å². The van der Waals surface area contributed by atoms with Crippen LogP contribution in [0.1, 0.15) is 12.0 Å². The lowest BCUT2D eigenvalue weighted by Gasteiger charge is -1.98. The first-order valence-corrected chi connectivity index (χ1v) is 8.05. The van der Waals surface area contributed by atoms with Crippen molar-refractivity contribution in [2.24, 2.45) is 10.2 Å². The highest BCUT2D eigenvalue weighted by Gasteiger charge is 2.32. The van der Waals surface area contributed by atoms with Crippen molar-refractivity contribution in [3.05, 3.63) is 32.4 Å². The number of benzene rings is 1. The SMILES string of the molecule is O=C(O)CC1SC(=NN=Cc2ccc(I)c(Cl)c2)NC1=O. The van der Waals surface area contributed by atoms with Crippen molar-refractivity contribution in [3.63, 3.8) is 0 Å². The fraction of sp³-hybridized carbons (Fsp3) is 0.167. The third kappa shape index (κ3) is 4.68. The second-order valence-electron chi connectivity index (χ2n) is 4.02. The van der Waals surface area contributed by atoms with Gasteiger partial charge in [-0.1, -0.05) is 29.4 Å². The van der Waals surface area contributed by atoms with Gasteiger partial charge in [0.05, 0.1) is 17.7 Å². The van der Waals surface area contributed by atoms with Gasteiger partial charge in [-0.2, -0.15) is 5.10 Å². The van der Waals surface area contributed by atoms with Crippen LogP contribution in [-0.4, -0.2) is 33.6 Å². The summed E-state index contributed by atoms with van der Waals surface area (Å²) in [6, 6.07) is 5.44. The van der Waals surface area contributed by atoms with Crippen LogP contribution in [0.5, 0.6) is 0 Å². The summed E-state index contributed by atoms with van der Waals surface area (Å²) in [7, 11) is 0. The summed E-state index contributed by atoms with van der Waals surface area (Å²) < 4.78 is 0.938. The Morgan fingerprint density at radius 1 is 1.57 bits per heavy atom. The van der Waals surface area contributed by atoms with E-state index < -0.39 is 11.2 Å². The number of hydrogen-bond acceptors (Lipinski definition) is 5. The third-order valence-corrected chi connectivity index (χ3v) is 5.08. The van der Waals surface area contributed by atoms with Gasteiger partial charge in [0.25, 0.3) is 0 Å². The lowest BCUT2D eigenvalue weighted by atomic mass is 10.2. The summed E-state index contributed by atoms with van der Waals surface area (Å²) in [5.41, 5.74) is 0.779. The van der Waals surface area contributed by atoms with E-state index in [4.69, 9.17) is 16.7 Å². The molecule has 1 fully saturated rings. The quantitative estimate of drug-likeness (QED) is 0.430. The molecular formula is C12H9ClIN3O3S. The Balaban J connectivity index is 2.01. The highest BCUT2D eigenvalue weighted by molar-refractivity contribution is 14.1. The molecule has 1 aliphatic heterocycles. The molecule has 0 radical (unpaired) electrons. The normalized spacial score (nSPS) is 20.2. The minimum Gasteiger partial charge on any atom is -0.481 e. The molecule has 21 heavy (non-hydrogen) atoms. The summed E-state index contributed by atoms with van der Waals surface area (Å²) in [4.78, 5) is 22.1. The molecular weight excluding hydrogens is 429 g/mol. The number of nitrogens with one attached hydrogen (secondary N) is 1. The van der Waals surface area contributed by atoms with Gasteiger partial charge in [-0.25, -0.2) is 0 Å². The number of hydrogen-bond donors (Lipinski definition) is 2. The molecule has 1 atom stereocenters. The van der Waals surface area contributed by atoms with Crippen LogP contribution in [0, 0.1) is 3.57 Å². The lowest BCUT2D eigenvalue weighted by Crippen LogP contribution is -2.26. The Morgan fingerprint density at radius 2 is 2.33 bits per heavy atom. The van der Waals surface area contributed by atoms with E-state index in [9.17, 15) is 9.59 Å². The summed E-state index contributed by atoms with van der Waals surface area (Å²) >= 11 is 9.16. The van der Waals surface area contributed by atoms with E-state index in [-0.39, 0.29) is 12.3 Å². The number of carboxylic acid groups (broad SMARTS) is 1. The van der Waals surface area contributed by atoms with Crippen molar-refractivity contribution < 1.29 is 14.7 Å². The predicted octanol–water partition coefficient (Wildman–Crippen LogP) is 2.34. The van der Waals surface area contributed by atoms with E-state index in [1.54, 1.807) is 6.07 Å². The molecule has 1 amide bonds. The fourth-order valence-corrected chi connectivity index (χ4v) is 2.93. The van der Waals surface area contributed by atoms with E-state index >= 15 is 0 Å². The van der Waals surface area contributed by atoms with Gasteiger partial charge in [0.15, 0.2) is 5.17 Å². The smallest absolute Gasteiger partial charge is 0.305 e. The molecule has 0 aliphatic carbocycles. The third-order valence-electron chi connectivity index (χ3n) is 2.44. The molecule has 0 saturated carbocycles. The largest absolute Gasteiger partial charge is 0.481 e. The number of carbonyl (C=O) groups excluding carboxylic acids is 1. The Morgan fingerprint density at radius 3 is 3.00 bits per heavy atom. The van der Waals surface area contributed by atoms with Gasteiger partial charge in [-0.15, -0.1) is 5.10 Å². The van der Waals surface area contributed by atoms with E-state index in [1.807, 2.05) is 12.1 Å². The first-order valence-electron chi connectivity index (χ1n) is 5.71. The fourth-order valence-electron chi connectivity index (χ4n) is 1.49. The van der Waals surface area contributed by atoms with Gasteiger partial charge < -0.3 is 10.4 Å². The summed E-state index contributed by atoms with van der Waals surface area (Å²) in [6.07, 6.45) is 1.26. The van der Waals surface area contributed by atoms with Gasteiger partial charge in [0, 0.05) is 3.57 Å². The summed E-state index contributed by atoms with van der Waals surface area (Å²) in [5, 5.41) is 19.1. The minimum atomic E-state index is -1.03. The van der Waals surface area contributed by atoms with Crippen molar-refractivity contribution in [2.75, 3.05) is 0 Å². The number of amidine groups is 1. The zero-order chi connectivity index (χ0) is 15.4. The number of carboxylic acids is 1. The Bertz CT molecular complexity index is 651. The Kier molecular flexibility index (Phi) is 5.59. The molecule has 6 nitrogen and oxygen atoms in total. The van der Waals surface area contributed by atoms with Gasteiger partial charge in [0.1, 0.15) is 5.25 Å². The number of carbonyl (C=O) groups is 2. The van der Waals surface area contributed by atoms with Gasteiger partial charge in [-0.3, -0.25) is 9.59 Å². The Labute approximate surface area is 143 Å². The maximum atomic E-state index is 11.5. The molecule has 1 saturated heterocycles. The topological polar surface area (TPSA) is 91.1 Å². The molecule has 1 aromatic rings. The van der Waals surface area contributed by atoms with Crippen molar-refractivity contribution in [1.29, 1.82) is 0 Å². The number of thioether (sulfide) groups is 1. The molecule has 1 heterocycles. The highest BCUT2D eigenvalue weighted by Crippen LogP contribution is 2.22. The molecule has 0 aromatic heterocycles. The van der Waals surface area contributed by atoms with Gasteiger partial charge in [-0.05, 0) is 40.3 Å². The maximum absolute atomic E-state index is 11.5. The van der Waals surface area contributed by atoms with E-state index in [0.717, 1.165) is 20.9 Å². The van der Waals surface area contributed by atoms with Crippen LogP contribution in [-0.2, 0) is 9.59 Å². The first kappa shape index (κ1) is 16.2. The molecule has 1 unspecified atom stereocenters. The van der Waals surface area contributed by atoms with Crippen LogP contribution in [0.4, 0.5) is 0 Å². The highest BCUT2D eigenvalue weighted by atomic mass is 127. The van der Waals surface area contributed by atoms with Crippen molar-refractivity contribution >= 4 is 69.2 Å². The van der Waals surface area contributed by atoms with Crippen molar-refractivity contribution in [1.82, 2.24) is 5.32 Å². The number of halogens is 2. The van der Waals surface area contributed by atoms with Crippen LogP contribution >= 0.6 is 46.0 Å². The minimum absolute atomic E-state index is 0.244. The molecule has 9 heteroatoms. The summed E-state index contributed by atoms with van der Waals surface area (Å²) in [5.74, 6) is -1.39. The van der Waals surface area contributed by atoms with E-state index in [2.05, 4.69) is 38.1 Å². The second-order valence-corrected chi connectivity index (χ2v) is 6.78. The molecule has 0 bridgehead atoms.